The summed E-state index contributed by atoms with van der Waals surface area (Å²) in [6.07, 6.45) is 2.45. The van der Waals surface area contributed by atoms with E-state index in [1.165, 1.54) is 82.0 Å². The molecule has 0 aromatic rings. The van der Waals surface area contributed by atoms with Crippen LogP contribution in [-0.2, 0) is 56.7 Å². The molecule has 1 spiro atoms. The topological polar surface area (TPSA) is 142 Å². The Morgan fingerprint density at radius 1 is 0.460 bits per heavy atom. The third kappa shape index (κ3) is 15.2. The molecule has 50 heavy (non-hydrogen) atoms. The van der Waals surface area contributed by atoms with Crippen LogP contribution >= 0.6 is 0 Å². The summed E-state index contributed by atoms with van der Waals surface area (Å²) >= 11 is 0. The Labute approximate surface area is 301 Å². The first kappa shape index (κ1) is 45.8. The van der Waals surface area contributed by atoms with Gasteiger partial charge in [-0.2, -0.15) is 0 Å². The van der Waals surface area contributed by atoms with Crippen LogP contribution in [-0.4, -0.2) is 110 Å². The molecule has 0 unspecified atom stereocenters. The van der Waals surface area contributed by atoms with E-state index in [0.717, 1.165) is 0 Å². The zero-order valence-corrected chi connectivity index (χ0v) is 33.0. The zero-order chi connectivity index (χ0) is 38.1. The number of carbonyl (C=O) groups is 4. The molecule has 14 heteroatoms. The summed E-state index contributed by atoms with van der Waals surface area (Å²) in [5.41, 5.74) is 0. The Balaban J connectivity index is 0.000000621. The summed E-state index contributed by atoms with van der Waals surface area (Å²) in [5.74, 6) is -3.74. The van der Waals surface area contributed by atoms with Gasteiger partial charge in [0, 0.05) is 0 Å². The quantitative estimate of drug-likeness (QED) is 0.0650. The molecule has 2 fully saturated rings. The van der Waals surface area contributed by atoms with E-state index in [-0.39, 0.29) is 0 Å². The Kier molecular flexibility index (Phi) is 20.7. The average molecular weight is 718 g/mol. The Morgan fingerprint density at radius 3 is 0.820 bits per heavy atom. The van der Waals surface area contributed by atoms with Gasteiger partial charge < -0.3 is 42.0 Å². The molecule has 2 rings (SSSR count). The number of hydrogen-bond acceptors (Lipinski definition) is 12. The lowest BCUT2D eigenvalue weighted by molar-refractivity contribution is -0.929. The fraction of sp³-hybridized carbons (Fsp3) is 0.889. The lowest BCUT2D eigenvalue weighted by Gasteiger charge is -2.39. The van der Waals surface area contributed by atoms with Gasteiger partial charge in [-0.3, -0.25) is 0 Å². The van der Waals surface area contributed by atoms with E-state index in [4.69, 9.17) is 37.6 Å². The molecule has 2 aliphatic rings. The van der Waals surface area contributed by atoms with Gasteiger partial charge in [-0.15, -0.1) is 0 Å². The molecule has 2 heterocycles. The first-order chi connectivity index (χ1) is 23.5. The molecule has 0 N–H and O–H groups in total. The van der Waals surface area contributed by atoms with E-state index in [1.54, 1.807) is 55.4 Å². The summed E-state index contributed by atoms with van der Waals surface area (Å²) < 4.78 is 44.2. The van der Waals surface area contributed by atoms with Crippen LogP contribution in [0.2, 0.25) is 0 Å². The van der Waals surface area contributed by atoms with Gasteiger partial charge in [0.2, 0.25) is 0 Å². The van der Waals surface area contributed by atoms with Crippen molar-refractivity contribution in [2.24, 2.45) is 0 Å². The van der Waals surface area contributed by atoms with Gasteiger partial charge in [0.05, 0.1) is 50.6 Å². The number of carbonyl (C=O) groups excluding carboxylic acids is 4. The van der Waals surface area contributed by atoms with Crippen molar-refractivity contribution in [1.29, 1.82) is 0 Å². The number of rotatable bonds is 20. The minimum Gasteiger partial charge on any atom is -0.505 e. The monoisotopic (exact) mass is 717 g/mol. The molecule has 2 aliphatic heterocycles. The Hall–Kier alpha value is -2.26. The third-order valence-corrected chi connectivity index (χ3v) is 8.08. The van der Waals surface area contributed by atoms with Gasteiger partial charge in [-0.05, 0) is 81.1 Å². The number of esters is 4. The maximum Gasteiger partial charge on any atom is 0.533 e. The van der Waals surface area contributed by atoms with Gasteiger partial charge in [0.1, 0.15) is 0 Å². The van der Waals surface area contributed by atoms with Crippen LogP contribution in [0.15, 0.2) is 0 Å². The van der Waals surface area contributed by atoms with Crippen molar-refractivity contribution < 1.29 is 61.2 Å². The normalized spacial score (nSPS) is 21.4. The molecule has 0 bridgehead atoms. The van der Waals surface area contributed by atoms with E-state index in [1.807, 2.05) is 0 Å². The minimum absolute atomic E-state index is 0.528. The van der Waals surface area contributed by atoms with E-state index in [2.05, 4.69) is 27.7 Å². The molecular weight excluding hydrogens is 649 g/mol. The first-order valence-electron chi connectivity index (χ1n) is 19.0. The molecule has 0 radical (unpaired) electrons. The molecule has 0 saturated carbocycles. The SMILES string of the molecule is CC(C)OC(=O)[C@@H]1O[B-]2(O[C@H]1C(=O)OC(C)C)O[C@@H](C(=O)OC(C)C)[C@H](C(=O)OC(C)C)O2.CCCC[N+](CCCC)(CCCC)CCCC. The highest BCUT2D eigenvalue weighted by Gasteiger charge is 2.61. The number of ether oxygens (including phenoxy) is 4. The molecular formula is C36H68BNO12. The van der Waals surface area contributed by atoms with Gasteiger partial charge in [0.15, 0.2) is 24.4 Å². The number of nitrogens with zero attached hydrogens (tertiary/aromatic N) is 1. The van der Waals surface area contributed by atoms with Gasteiger partial charge >= 0.3 is 30.8 Å². The highest BCUT2D eigenvalue weighted by Crippen LogP contribution is 2.37. The van der Waals surface area contributed by atoms with Crippen molar-refractivity contribution in [3.63, 3.8) is 0 Å². The maximum absolute atomic E-state index is 12.6. The maximum atomic E-state index is 12.6. The summed E-state index contributed by atoms with van der Waals surface area (Å²) in [6.45, 7) is 24.5. The van der Waals surface area contributed by atoms with E-state index in [9.17, 15) is 19.2 Å². The highest BCUT2D eigenvalue weighted by molar-refractivity contribution is 6.56. The third-order valence-electron chi connectivity index (χ3n) is 8.08. The fourth-order valence-corrected chi connectivity index (χ4v) is 5.76. The van der Waals surface area contributed by atoms with E-state index >= 15 is 0 Å². The van der Waals surface area contributed by atoms with Crippen LogP contribution in [0.1, 0.15) is 134 Å². The molecule has 0 aliphatic carbocycles. The first-order valence-corrected chi connectivity index (χ1v) is 19.0. The number of unbranched alkanes of at least 4 members (excludes halogenated alkanes) is 4. The fourth-order valence-electron chi connectivity index (χ4n) is 5.76. The average Bonchev–Trinajstić information content (AvgIpc) is 3.60. The van der Waals surface area contributed by atoms with Crippen molar-refractivity contribution in [3.05, 3.63) is 0 Å². The second-order valence-electron chi connectivity index (χ2n) is 14.4. The Bertz CT molecular complexity index is 874. The van der Waals surface area contributed by atoms with Crippen LogP contribution in [0.25, 0.3) is 0 Å². The molecule has 0 aromatic heterocycles. The Morgan fingerprint density at radius 2 is 0.660 bits per heavy atom. The predicted molar refractivity (Wildman–Crippen MR) is 190 cm³/mol. The van der Waals surface area contributed by atoms with Crippen LogP contribution < -0.4 is 0 Å². The summed E-state index contributed by atoms with van der Waals surface area (Å²) in [7, 11) is 0. The lowest BCUT2D eigenvalue weighted by atomic mass is 10.1. The van der Waals surface area contributed by atoms with Crippen LogP contribution in [0.3, 0.4) is 0 Å². The lowest BCUT2D eigenvalue weighted by Crippen LogP contribution is -2.50. The van der Waals surface area contributed by atoms with Crippen molar-refractivity contribution in [2.75, 3.05) is 26.2 Å². The van der Waals surface area contributed by atoms with Crippen LogP contribution in [0, 0.1) is 0 Å². The van der Waals surface area contributed by atoms with Crippen molar-refractivity contribution in [3.8, 4) is 0 Å². The van der Waals surface area contributed by atoms with Gasteiger partial charge in [0.25, 0.3) is 0 Å². The second kappa shape index (κ2) is 22.6. The second-order valence-corrected chi connectivity index (χ2v) is 14.4. The van der Waals surface area contributed by atoms with Crippen LogP contribution in [0.5, 0.6) is 0 Å². The number of hydrogen-bond donors (Lipinski definition) is 0. The summed E-state index contributed by atoms with van der Waals surface area (Å²) in [4.78, 5) is 50.4. The van der Waals surface area contributed by atoms with Crippen molar-refractivity contribution in [1.82, 2.24) is 0 Å². The van der Waals surface area contributed by atoms with Crippen LogP contribution in [0.4, 0.5) is 0 Å². The molecule has 292 valence electrons. The molecule has 2 saturated heterocycles. The van der Waals surface area contributed by atoms with Crippen molar-refractivity contribution >= 4 is 30.8 Å². The predicted octanol–water partition coefficient (Wildman–Crippen LogP) is 5.80. The zero-order valence-electron chi connectivity index (χ0n) is 33.0. The molecule has 13 nitrogen and oxygen atoms in total. The largest absolute Gasteiger partial charge is 0.533 e. The number of quaternary nitrogens is 1. The van der Waals surface area contributed by atoms with E-state index < -0.39 is 79.7 Å². The van der Waals surface area contributed by atoms with Gasteiger partial charge in [-0.25, -0.2) is 19.2 Å². The minimum atomic E-state index is -3.38. The van der Waals surface area contributed by atoms with E-state index in [0.29, 0.717) is 0 Å². The molecule has 4 atom stereocenters. The standard InChI is InChI=1S/C20H32BO12.C16H36N/c1-9(2)26-17(22)13-14(18(23)27-10(3)4)31-21(30-13)32-15(19(24)28-11(5)6)16(33-21)20(25)29-12(7)8;1-5-9-13-17(14-10-6-2,15-11-7-3)16-12-8-4/h9-16H,1-8H3;5-16H2,1-4H3/q-1;+1/t13-,14-,15-,16-;/m1./s1. The molecule has 0 aromatic carbocycles. The van der Waals surface area contributed by atoms with Gasteiger partial charge in [-0.1, -0.05) is 53.4 Å². The summed E-state index contributed by atoms with van der Waals surface area (Å²) in [6, 6.07) is 0. The smallest absolute Gasteiger partial charge is 0.505 e. The molecule has 0 amide bonds. The van der Waals surface area contributed by atoms with Crippen molar-refractivity contribution in [2.45, 2.75) is 183 Å². The summed E-state index contributed by atoms with van der Waals surface area (Å²) in [5, 5.41) is 0. The highest BCUT2D eigenvalue weighted by atomic mass is 16.9.